The van der Waals surface area contributed by atoms with Gasteiger partial charge < -0.3 is 9.94 Å². The van der Waals surface area contributed by atoms with Gasteiger partial charge >= 0.3 is 0 Å². The Morgan fingerprint density at radius 2 is 2.00 bits per heavy atom. The van der Waals surface area contributed by atoms with Crippen molar-refractivity contribution in [2.75, 3.05) is 0 Å². The Morgan fingerprint density at radius 1 is 1.25 bits per heavy atom. The number of aryl methyl sites for hydroxylation is 1. The molecule has 0 saturated heterocycles. The topological polar surface area (TPSA) is 41.8 Å². The molecule has 3 nitrogen and oxygen atoms in total. The maximum atomic E-state index is 9.92. The number of nitrogens with zero attached hydrogens (tertiary/aromatic N) is 1. The molecule has 1 aliphatic heterocycles. The number of aliphatic hydroxyl groups excluding tert-OH is 1. The van der Waals surface area contributed by atoms with Crippen LogP contribution >= 0.6 is 0 Å². The predicted molar refractivity (Wildman–Crippen MR) is 61.3 cm³/mol. The minimum absolute atomic E-state index is 0.0720. The van der Waals surface area contributed by atoms with Crippen LogP contribution in [0.5, 0.6) is 0 Å². The molecule has 0 aromatic heterocycles. The lowest BCUT2D eigenvalue weighted by Gasteiger charge is -2.13. The normalized spacial score (nSPS) is 32.1. The molecule has 0 bridgehead atoms. The van der Waals surface area contributed by atoms with Gasteiger partial charge in [0.2, 0.25) is 0 Å². The van der Waals surface area contributed by atoms with Gasteiger partial charge in [-0.25, -0.2) is 0 Å². The van der Waals surface area contributed by atoms with E-state index in [0.717, 1.165) is 24.1 Å². The van der Waals surface area contributed by atoms with Gasteiger partial charge in [-0.1, -0.05) is 35.0 Å². The summed E-state index contributed by atoms with van der Waals surface area (Å²) in [7, 11) is 0. The highest BCUT2D eigenvalue weighted by Gasteiger charge is 2.44. The number of hydrogen-bond acceptors (Lipinski definition) is 3. The summed E-state index contributed by atoms with van der Waals surface area (Å²) in [5.74, 6) is 0.0720. The largest absolute Gasteiger partial charge is 0.392 e. The van der Waals surface area contributed by atoms with Crippen LogP contribution < -0.4 is 0 Å². The van der Waals surface area contributed by atoms with Crippen LogP contribution in [0.15, 0.2) is 29.4 Å². The van der Waals surface area contributed by atoms with E-state index in [1.54, 1.807) is 0 Å². The van der Waals surface area contributed by atoms with Crippen molar-refractivity contribution in [3.8, 4) is 0 Å². The Bertz CT molecular complexity index is 424. The highest BCUT2D eigenvalue weighted by molar-refractivity contribution is 6.03. The molecule has 1 saturated carbocycles. The summed E-state index contributed by atoms with van der Waals surface area (Å²) in [4.78, 5) is 5.37. The van der Waals surface area contributed by atoms with Crippen LogP contribution in [-0.2, 0) is 4.84 Å². The van der Waals surface area contributed by atoms with E-state index in [4.69, 9.17) is 4.84 Å². The van der Waals surface area contributed by atoms with E-state index in [0.29, 0.717) is 0 Å². The molecule has 1 aromatic rings. The number of fused-ring (bicyclic) bond motifs is 1. The number of oxime groups is 1. The Hall–Kier alpha value is -1.35. The Balaban J connectivity index is 1.93. The fourth-order valence-corrected chi connectivity index (χ4v) is 2.57. The molecule has 1 fully saturated rings. The molecule has 1 heterocycles. The summed E-state index contributed by atoms with van der Waals surface area (Å²) in [5, 5.41) is 14.1. The molecule has 0 spiro atoms. The standard InChI is InChI=1S/C13H15NO2/c1-8-2-4-9(5-3-8)13-12-10(15)6-7-11(12)16-14-13/h2-5,10-12,15H,6-7H2,1H3/t10-,11-,12+/m1/s1. The molecule has 3 heteroatoms. The van der Waals surface area contributed by atoms with Gasteiger partial charge in [0.15, 0.2) is 0 Å². The first-order chi connectivity index (χ1) is 7.75. The SMILES string of the molecule is Cc1ccc(C2=NO[C@@H]3CC[C@@H](O)[C@H]23)cc1. The van der Waals surface area contributed by atoms with Crippen LogP contribution in [0.1, 0.15) is 24.0 Å². The molecule has 16 heavy (non-hydrogen) atoms. The molecule has 2 aliphatic rings. The summed E-state index contributed by atoms with van der Waals surface area (Å²) in [6.45, 7) is 2.06. The number of rotatable bonds is 1. The van der Waals surface area contributed by atoms with Gasteiger partial charge in [-0.2, -0.15) is 0 Å². The fraction of sp³-hybridized carbons (Fsp3) is 0.462. The average molecular weight is 217 g/mol. The Kier molecular flexibility index (Phi) is 2.21. The lowest BCUT2D eigenvalue weighted by molar-refractivity contribution is 0.0583. The average Bonchev–Trinajstić information content (AvgIpc) is 2.84. The summed E-state index contributed by atoms with van der Waals surface area (Å²) in [6.07, 6.45) is 1.52. The van der Waals surface area contributed by atoms with Crippen molar-refractivity contribution in [3.05, 3.63) is 35.4 Å². The van der Waals surface area contributed by atoms with Crippen molar-refractivity contribution in [3.63, 3.8) is 0 Å². The third-order valence-electron chi connectivity index (χ3n) is 3.51. The first-order valence-electron chi connectivity index (χ1n) is 5.74. The van der Waals surface area contributed by atoms with E-state index in [1.807, 2.05) is 12.1 Å². The van der Waals surface area contributed by atoms with Crippen LogP contribution in [0.4, 0.5) is 0 Å². The molecule has 0 unspecified atom stereocenters. The molecule has 0 amide bonds. The van der Waals surface area contributed by atoms with E-state index in [-0.39, 0.29) is 18.1 Å². The van der Waals surface area contributed by atoms with Crippen molar-refractivity contribution in [1.29, 1.82) is 0 Å². The maximum Gasteiger partial charge on any atom is 0.138 e. The second kappa shape index (κ2) is 3.59. The third-order valence-corrected chi connectivity index (χ3v) is 3.51. The summed E-state index contributed by atoms with van der Waals surface area (Å²) < 4.78 is 0. The molecule has 84 valence electrons. The molecule has 3 atom stereocenters. The monoisotopic (exact) mass is 217 g/mol. The minimum atomic E-state index is -0.299. The van der Waals surface area contributed by atoms with Crippen molar-refractivity contribution in [2.45, 2.75) is 32.0 Å². The maximum absolute atomic E-state index is 9.92. The van der Waals surface area contributed by atoms with Gasteiger partial charge in [0.05, 0.1) is 17.7 Å². The Labute approximate surface area is 94.7 Å². The molecule has 1 aliphatic carbocycles. The number of aliphatic hydroxyl groups is 1. The zero-order chi connectivity index (χ0) is 11.1. The van der Waals surface area contributed by atoms with Crippen LogP contribution in [0.25, 0.3) is 0 Å². The highest BCUT2D eigenvalue weighted by atomic mass is 16.6. The molecule has 1 N–H and O–H groups in total. The quantitative estimate of drug-likeness (QED) is 0.780. The molecule has 0 radical (unpaired) electrons. The predicted octanol–water partition coefficient (Wildman–Crippen LogP) is 1.87. The smallest absolute Gasteiger partial charge is 0.138 e. The highest BCUT2D eigenvalue weighted by Crippen LogP contribution is 2.36. The lowest BCUT2D eigenvalue weighted by atomic mass is 9.92. The van der Waals surface area contributed by atoms with Gasteiger partial charge in [0, 0.05) is 0 Å². The first kappa shape index (κ1) is 9.85. The van der Waals surface area contributed by atoms with E-state index >= 15 is 0 Å². The molecule has 3 rings (SSSR count). The number of benzene rings is 1. The summed E-state index contributed by atoms with van der Waals surface area (Å²) >= 11 is 0. The van der Waals surface area contributed by atoms with Gasteiger partial charge in [-0.15, -0.1) is 0 Å². The minimum Gasteiger partial charge on any atom is -0.392 e. The number of hydrogen-bond donors (Lipinski definition) is 1. The zero-order valence-electron chi connectivity index (χ0n) is 9.26. The van der Waals surface area contributed by atoms with E-state index in [1.165, 1.54) is 5.56 Å². The van der Waals surface area contributed by atoms with Crippen LogP contribution in [0, 0.1) is 12.8 Å². The summed E-state index contributed by atoms with van der Waals surface area (Å²) in [6, 6.07) is 8.22. The summed E-state index contributed by atoms with van der Waals surface area (Å²) in [5.41, 5.74) is 3.21. The van der Waals surface area contributed by atoms with Gasteiger partial charge in [0.25, 0.3) is 0 Å². The molecular weight excluding hydrogens is 202 g/mol. The zero-order valence-corrected chi connectivity index (χ0v) is 9.26. The lowest BCUT2D eigenvalue weighted by Crippen LogP contribution is -2.27. The molecular formula is C13H15NO2. The van der Waals surface area contributed by atoms with Crippen molar-refractivity contribution < 1.29 is 9.94 Å². The first-order valence-corrected chi connectivity index (χ1v) is 5.74. The Morgan fingerprint density at radius 3 is 2.75 bits per heavy atom. The van der Waals surface area contributed by atoms with E-state index in [9.17, 15) is 5.11 Å². The van der Waals surface area contributed by atoms with Gasteiger partial charge in [-0.3, -0.25) is 0 Å². The van der Waals surface area contributed by atoms with E-state index < -0.39 is 0 Å². The van der Waals surface area contributed by atoms with Crippen LogP contribution in [-0.4, -0.2) is 23.0 Å². The van der Waals surface area contributed by atoms with Crippen molar-refractivity contribution >= 4 is 5.71 Å². The van der Waals surface area contributed by atoms with E-state index in [2.05, 4.69) is 24.2 Å². The second-order valence-corrected chi connectivity index (χ2v) is 4.66. The second-order valence-electron chi connectivity index (χ2n) is 4.66. The third kappa shape index (κ3) is 1.43. The fourth-order valence-electron chi connectivity index (χ4n) is 2.57. The van der Waals surface area contributed by atoms with Gasteiger partial charge in [0.1, 0.15) is 6.10 Å². The van der Waals surface area contributed by atoms with Crippen LogP contribution in [0.3, 0.4) is 0 Å². The molecule has 1 aromatic carbocycles. The van der Waals surface area contributed by atoms with Crippen molar-refractivity contribution in [1.82, 2.24) is 0 Å². The van der Waals surface area contributed by atoms with Crippen molar-refractivity contribution in [2.24, 2.45) is 11.1 Å². The van der Waals surface area contributed by atoms with Gasteiger partial charge in [-0.05, 0) is 25.3 Å². The van der Waals surface area contributed by atoms with Crippen LogP contribution in [0.2, 0.25) is 0 Å².